The predicted molar refractivity (Wildman–Crippen MR) is 87.1 cm³/mol. The van der Waals surface area contributed by atoms with Crippen LogP contribution in [-0.2, 0) is 11.3 Å². The van der Waals surface area contributed by atoms with E-state index in [1.165, 1.54) is 0 Å². The fourth-order valence-corrected chi connectivity index (χ4v) is 2.87. The van der Waals surface area contributed by atoms with Gasteiger partial charge >= 0.3 is 0 Å². The van der Waals surface area contributed by atoms with Crippen LogP contribution in [0, 0.1) is 0 Å². The minimum Gasteiger partial charge on any atom is -0.398 e. The number of fused-ring (bicyclic) bond motifs is 1. The first-order valence-corrected chi connectivity index (χ1v) is 7.57. The maximum absolute atomic E-state index is 12.7. The van der Waals surface area contributed by atoms with Crippen LogP contribution >= 0.6 is 0 Å². The molecule has 1 atom stereocenters. The van der Waals surface area contributed by atoms with Gasteiger partial charge in [-0.3, -0.25) is 9.78 Å². The van der Waals surface area contributed by atoms with E-state index < -0.39 is 0 Å². The van der Waals surface area contributed by atoms with Gasteiger partial charge in [-0.2, -0.15) is 0 Å². The average molecular weight is 296 g/mol. The van der Waals surface area contributed by atoms with Crippen LogP contribution in [0.4, 0.5) is 11.4 Å². The monoisotopic (exact) mass is 296 g/mol. The maximum Gasteiger partial charge on any atom is 0.248 e. The standard InChI is InChI=1S/C17H20N4O/c1-2-5-14-13-6-3-4-7-16(13)21(17(14)22)20-11-12-10-19-9-8-15(12)18/h3-4,6-10,14,20H,2,5,11H2,1H3,(H2,18,19). The minimum atomic E-state index is -0.0556. The van der Waals surface area contributed by atoms with Crippen LogP contribution in [0.15, 0.2) is 42.7 Å². The summed E-state index contributed by atoms with van der Waals surface area (Å²) in [6.45, 7) is 2.57. The number of nitrogen functional groups attached to an aromatic ring is 1. The molecule has 114 valence electrons. The van der Waals surface area contributed by atoms with Crippen molar-refractivity contribution in [2.24, 2.45) is 0 Å². The summed E-state index contributed by atoms with van der Waals surface area (Å²) in [5.41, 5.74) is 12.7. The number of carbonyl (C=O) groups excluding carboxylic acids is 1. The fraction of sp³-hybridized carbons (Fsp3) is 0.294. The zero-order chi connectivity index (χ0) is 15.5. The van der Waals surface area contributed by atoms with Crippen LogP contribution in [0.2, 0.25) is 0 Å². The van der Waals surface area contributed by atoms with Crippen LogP contribution in [-0.4, -0.2) is 10.9 Å². The van der Waals surface area contributed by atoms with Crippen molar-refractivity contribution in [3.63, 3.8) is 0 Å². The molecular weight excluding hydrogens is 276 g/mol. The maximum atomic E-state index is 12.7. The Morgan fingerprint density at radius 2 is 2.14 bits per heavy atom. The van der Waals surface area contributed by atoms with Gasteiger partial charge < -0.3 is 5.73 Å². The van der Waals surface area contributed by atoms with E-state index in [9.17, 15) is 4.79 Å². The molecule has 22 heavy (non-hydrogen) atoms. The number of amides is 1. The number of pyridine rings is 1. The number of carbonyl (C=O) groups is 1. The molecule has 3 N–H and O–H groups in total. The number of nitrogens with two attached hydrogens (primary N) is 1. The lowest BCUT2D eigenvalue weighted by Crippen LogP contribution is -2.41. The molecule has 1 unspecified atom stereocenters. The van der Waals surface area contributed by atoms with Gasteiger partial charge in [0.2, 0.25) is 5.91 Å². The normalized spacial score (nSPS) is 16.9. The third-order valence-corrected chi connectivity index (χ3v) is 4.02. The molecule has 0 saturated carbocycles. The second kappa shape index (κ2) is 6.15. The summed E-state index contributed by atoms with van der Waals surface area (Å²) in [4.78, 5) is 16.8. The van der Waals surface area contributed by atoms with Crippen LogP contribution < -0.4 is 16.2 Å². The van der Waals surface area contributed by atoms with Crippen molar-refractivity contribution >= 4 is 17.3 Å². The first kappa shape index (κ1) is 14.5. The second-order valence-corrected chi connectivity index (χ2v) is 5.48. The number of rotatable bonds is 5. The van der Waals surface area contributed by atoms with Crippen LogP contribution in [0.25, 0.3) is 0 Å². The van der Waals surface area contributed by atoms with E-state index >= 15 is 0 Å². The fourth-order valence-electron chi connectivity index (χ4n) is 2.87. The van der Waals surface area contributed by atoms with Crippen molar-refractivity contribution in [2.75, 3.05) is 10.7 Å². The molecular formula is C17H20N4O. The van der Waals surface area contributed by atoms with Crippen molar-refractivity contribution in [3.8, 4) is 0 Å². The number of hydrogen-bond donors (Lipinski definition) is 2. The third-order valence-electron chi connectivity index (χ3n) is 4.02. The van der Waals surface area contributed by atoms with Crippen LogP contribution in [0.3, 0.4) is 0 Å². The van der Waals surface area contributed by atoms with Crippen LogP contribution in [0.1, 0.15) is 36.8 Å². The Morgan fingerprint density at radius 3 is 2.91 bits per heavy atom. The molecule has 1 amide bonds. The molecule has 3 rings (SSSR count). The topological polar surface area (TPSA) is 71.2 Å². The zero-order valence-electron chi connectivity index (χ0n) is 12.6. The molecule has 0 bridgehead atoms. The van der Waals surface area contributed by atoms with E-state index in [0.29, 0.717) is 12.2 Å². The van der Waals surface area contributed by atoms with E-state index in [-0.39, 0.29) is 11.8 Å². The Morgan fingerprint density at radius 1 is 1.32 bits per heavy atom. The lowest BCUT2D eigenvalue weighted by Gasteiger charge is -2.19. The van der Waals surface area contributed by atoms with E-state index in [0.717, 1.165) is 29.7 Å². The quantitative estimate of drug-likeness (QED) is 0.889. The zero-order valence-corrected chi connectivity index (χ0v) is 12.6. The number of hydrogen-bond acceptors (Lipinski definition) is 4. The number of nitrogens with zero attached hydrogens (tertiary/aromatic N) is 2. The number of hydrazine groups is 1. The van der Waals surface area contributed by atoms with Gasteiger partial charge in [-0.25, -0.2) is 10.4 Å². The van der Waals surface area contributed by atoms with Gasteiger partial charge in [0.15, 0.2) is 0 Å². The molecule has 5 heteroatoms. The summed E-state index contributed by atoms with van der Waals surface area (Å²) in [6.07, 6.45) is 5.22. The first-order valence-electron chi connectivity index (χ1n) is 7.57. The smallest absolute Gasteiger partial charge is 0.248 e. The molecule has 0 saturated heterocycles. The largest absolute Gasteiger partial charge is 0.398 e. The molecule has 1 aliphatic rings. The summed E-state index contributed by atoms with van der Waals surface area (Å²) < 4.78 is 0. The van der Waals surface area contributed by atoms with Crippen LogP contribution in [0.5, 0.6) is 0 Å². The number of aromatic nitrogens is 1. The summed E-state index contributed by atoms with van der Waals surface area (Å²) in [5, 5.41) is 1.65. The van der Waals surface area contributed by atoms with Gasteiger partial charge in [-0.05, 0) is 24.1 Å². The lowest BCUT2D eigenvalue weighted by molar-refractivity contribution is -0.120. The Hall–Kier alpha value is -2.40. The SMILES string of the molecule is CCCC1C(=O)N(NCc2cnccc2N)c2ccccc21. The van der Waals surface area contributed by atoms with Crippen molar-refractivity contribution < 1.29 is 4.79 Å². The van der Waals surface area contributed by atoms with Gasteiger partial charge in [-0.1, -0.05) is 31.5 Å². The minimum absolute atomic E-state index is 0.0556. The number of anilines is 2. The highest BCUT2D eigenvalue weighted by atomic mass is 16.2. The molecule has 0 aliphatic carbocycles. The summed E-state index contributed by atoms with van der Waals surface area (Å²) in [5.74, 6) is 0.0467. The highest BCUT2D eigenvalue weighted by Crippen LogP contribution is 2.38. The number of benzene rings is 1. The average Bonchev–Trinajstić information content (AvgIpc) is 2.80. The summed E-state index contributed by atoms with van der Waals surface area (Å²) >= 11 is 0. The molecule has 0 spiro atoms. The lowest BCUT2D eigenvalue weighted by atomic mass is 9.96. The first-order chi connectivity index (χ1) is 10.7. The molecule has 1 aromatic carbocycles. The van der Waals surface area contributed by atoms with Gasteiger partial charge in [0.05, 0.1) is 11.6 Å². The van der Waals surface area contributed by atoms with E-state index in [2.05, 4.69) is 17.3 Å². The summed E-state index contributed by atoms with van der Waals surface area (Å²) in [7, 11) is 0. The van der Waals surface area contributed by atoms with Gasteiger partial charge in [-0.15, -0.1) is 0 Å². The number of nitrogens with one attached hydrogen (secondary N) is 1. The Kier molecular flexibility index (Phi) is 4.06. The van der Waals surface area contributed by atoms with E-state index in [1.807, 2.05) is 24.3 Å². The van der Waals surface area contributed by atoms with Gasteiger partial charge in [0.25, 0.3) is 0 Å². The Labute approximate surface area is 130 Å². The molecule has 2 aromatic rings. The second-order valence-electron chi connectivity index (χ2n) is 5.48. The molecule has 1 aliphatic heterocycles. The Bertz CT molecular complexity index is 686. The molecule has 0 fully saturated rings. The van der Waals surface area contributed by atoms with Crippen molar-refractivity contribution in [1.29, 1.82) is 0 Å². The molecule has 1 aromatic heterocycles. The van der Waals surface area contributed by atoms with Crippen molar-refractivity contribution in [2.45, 2.75) is 32.2 Å². The van der Waals surface area contributed by atoms with Gasteiger partial charge in [0.1, 0.15) is 0 Å². The Balaban J connectivity index is 1.82. The van der Waals surface area contributed by atoms with E-state index in [1.54, 1.807) is 23.5 Å². The third kappa shape index (κ3) is 2.55. The molecule has 5 nitrogen and oxygen atoms in total. The highest BCUT2D eigenvalue weighted by Gasteiger charge is 2.36. The van der Waals surface area contributed by atoms with Crippen molar-refractivity contribution in [3.05, 3.63) is 53.9 Å². The summed E-state index contributed by atoms with van der Waals surface area (Å²) in [6, 6.07) is 9.71. The van der Waals surface area contributed by atoms with Gasteiger partial charge in [0, 0.05) is 30.2 Å². The van der Waals surface area contributed by atoms with Crippen molar-refractivity contribution in [1.82, 2.24) is 10.4 Å². The predicted octanol–water partition coefficient (Wildman–Crippen LogP) is 2.60. The number of para-hydroxylation sites is 1. The van der Waals surface area contributed by atoms with E-state index in [4.69, 9.17) is 5.73 Å². The molecule has 2 heterocycles. The molecule has 0 radical (unpaired) electrons. The highest BCUT2D eigenvalue weighted by molar-refractivity contribution is 6.04.